The number of fused-ring (bicyclic) bond motifs is 3. The number of nitrogens with zero attached hydrogens (tertiary/aromatic N) is 2. The lowest BCUT2D eigenvalue weighted by molar-refractivity contribution is 0.218. The number of carbonyl (C=O) groups excluding carboxylic acids is 1. The van der Waals surface area contributed by atoms with E-state index < -0.39 is 6.03 Å². The number of nitrogens with two attached hydrogens (primary N) is 1. The topological polar surface area (TPSA) is 80.9 Å². The fourth-order valence-electron chi connectivity index (χ4n) is 3.20. The number of anilines is 1. The number of urea groups is 1. The first kappa shape index (κ1) is 16.5. The molecule has 1 unspecified atom stereocenters. The maximum atomic E-state index is 11.3. The van der Waals surface area contributed by atoms with Gasteiger partial charge in [-0.25, -0.2) is 14.8 Å². The highest BCUT2D eigenvalue weighted by atomic mass is 32.2. The molecule has 2 amide bonds. The van der Waals surface area contributed by atoms with E-state index in [4.69, 9.17) is 5.73 Å². The van der Waals surface area contributed by atoms with Crippen LogP contribution in [0.5, 0.6) is 0 Å². The third kappa shape index (κ3) is 3.17. The molecular formula is C16H22N4OS2. The van der Waals surface area contributed by atoms with Crippen LogP contribution in [-0.2, 0) is 12.8 Å². The second kappa shape index (κ2) is 5.94. The SMILES string of the molecule is CSc1nc(NC(N)=O)c2c3c(sc2n1)CC(C(C)(C)C)CC3. The Hall–Kier alpha value is -1.34. The Bertz CT molecular complexity index is 764. The van der Waals surface area contributed by atoms with Crippen molar-refractivity contribution in [1.82, 2.24) is 9.97 Å². The van der Waals surface area contributed by atoms with Crippen LogP contribution < -0.4 is 11.1 Å². The molecule has 2 aromatic rings. The number of primary amides is 1. The van der Waals surface area contributed by atoms with Crippen LogP contribution in [0.2, 0.25) is 0 Å². The van der Waals surface area contributed by atoms with Crippen molar-refractivity contribution in [3.8, 4) is 0 Å². The lowest BCUT2D eigenvalue weighted by Gasteiger charge is -2.33. The van der Waals surface area contributed by atoms with Crippen molar-refractivity contribution in [2.45, 2.75) is 45.2 Å². The molecule has 3 rings (SSSR count). The highest BCUT2D eigenvalue weighted by Crippen LogP contribution is 2.44. The van der Waals surface area contributed by atoms with Gasteiger partial charge in [0.1, 0.15) is 10.6 Å². The smallest absolute Gasteiger partial charge is 0.317 e. The fraction of sp³-hybridized carbons (Fsp3) is 0.562. The van der Waals surface area contributed by atoms with E-state index >= 15 is 0 Å². The van der Waals surface area contributed by atoms with Crippen LogP contribution in [0.3, 0.4) is 0 Å². The van der Waals surface area contributed by atoms with Crippen LogP contribution in [0.25, 0.3) is 10.2 Å². The third-order valence-corrected chi connectivity index (χ3v) is 6.23. The average Bonchev–Trinajstić information content (AvgIpc) is 2.82. The summed E-state index contributed by atoms with van der Waals surface area (Å²) in [6, 6.07) is -0.583. The second-order valence-corrected chi connectivity index (χ2v) is 8.89. The van der Waals surface area contributed by atoms with E-state index in [1.807, 2.05) is 6.26 Å². The Morgan fingerprint density at radius 2 is 2.13 bits per heavy atom. The molecule has 1 atom stereocenters. The van der Waals surface area contributed by atoms with Gasteiger partial charge in [-0.2, -0.15) is 0 Å². The molecule has 124 valence electrons. The van der Waals surface area contributed by atoms with E-state index in [2.05, 4.69) is 36.1 Å². The largest absolute Gasteiger partial charge is 0.351 e. The lowest BCUT2D eigenvalue weighted by atomic mass is 9.72. The Morgan fingerprint density at radius 3 is 2.74 bits per heavy atom. The number of amides is 2. The Kier molecular flexibility index (Phi) is 4.27. The first-order valence-electron chi connectivity index (χ1n) is 7.72. The normalized spacial score (nSPS) is 18.0. The molecule has 0 bridgehead atoms. The molecule has 0 aliphatic heterocycles. The Balaban J connectivity index is 2.11. The maximum absolute atomic E-state index is 11.3. The maximum Gasteiger partial charge on any atom is 0.317 e. The second-order valence-electron chi connectivity index (χ2n) is 7.04. The number of aromatic nitrogens is 2. The van der Waals surface area contributed by atoms with Crippen LogP contribution in [0.4, 0.5) is 10.6 Å². The average molecular weight is 351 g/mol. The number of thiophene rings is 1. The van der Waals surface area contributed by atoms with E-state index in [1.54, 1.807) is 11.3 Å². The van der Waals surface area contributed by atoms with Gasteiger partial charge in [-0.15, -0.1) is 11.3 Å². The monoisotopic (exact) mass is 350 g/mol. The molecule has 2 aromatic heterocycles. The van der Waals surface area contributed by atoms with Gasteiger partial charge >= 0.3 is 6.03 Å². The summed E-state index contributed by atoms with van der Waals surface area (Å²) in [5, 5.41) is 4.32. The van der Waals surface area contributed by atoms with Crippen LogP contribution in [-0.4, -0.2) is 22.3 Å². The van der Waals surface area contributed by atoms with Gasteiger partial charge in [0.25, 0.3) is 0 Å². The zero-order valence-corrected chi connectivity index (χ0v) is 15.5. The summed E-state index contributed by atoms with van der Waals surface area (Å²) in [6.45, 7) is 6.92. The molecule has 23 heavy (non-hydrogen) atoms. The van der Waals surface area contributed by atoms with E-state index in [1.165, 1.54) is 22.2 Å². The minimum atomic E-state index is -0.583. The number of hydrogen-bond donors (Lipinski definition) is 2. The van der Waals surface area contributed by atoms with Gasteiger partial charge in [0.2, 0.25) is 0 Å². The highest BCUT2D eigenvalue weighted by molar-refractivity contribution is 7.98. The number of thioether (sulfide) groups is 1. The summed E-state index contributed by atoms with van der Waals surface area (Å²) in [6.07, 6.45) is 5.16. The molecule has 0 spiro atoms. The van der Waals surface area contributed by atoms with Crippen molar-refractivity contribution >= 4 is 45.2 Å². The van der Waals surface area contributed by atoms with Gasteiger partial charge in [-0.3, -0.25) is 5.32 Å². The predicted molar refractivity (Wildman–Crippen MR) is 97.4 cm³/mol. The van der Waals surface area contributed by atoms with Crippen molar-refractivity contribution in [2.75, 3.05) is 11.6 Å². The number of rotatable bonds is 2. The highest BCUT2D eigenvalue weighted by Gasteiger charge is 2.32. The van der Waals surface area contributed by atoms with Gasteiger partial charge in [-0.05, 0) is 42.4 Å². The Labute approximate surface area is 144 Å². The lowest BCUT2D eigenvalue weighted by Crippen LogP contribution is -2.26. The summed E-state index contributed by atoms with van der Waals surface area (Å²) >= 11 is 3.20. The van der Waals surface area contributed by atoms with E-state index in [0.717, 1.165) is 29.5 Å². The zero-order valence-electron chi connectivity index (χ0n) is 13.9. The van der Waals surface area contributed by atoms with Crippen LogP contribution in [0.15, 0.2) is 5.16 Å². The molecule has 3 N–H and O–H groups in total. The van der Waals surface area contributed by atoms with Gasteiger partial charge in [0, 0.05) is 4.88 Å². The standard InChI is InChI=1S/C16H22N4OS2/c1-16(2,3)8-5-6-9-10(7-8)23-13-11(9)12(18-14(17)21)19-15(20-13)22-4/h8H,5-7H2,1-4H3,(H3,17,18,19,20,21). The zero-order chi connectivity index (χ0) is 16.8. The van der Waals surface area contributed by atoms with Gasteiger partial charge in [-0.1, -0.05) is 32.5 Å². The van der Waals surface area contributed by atoms with Crippen molar-refractivity contribution in [1.29, 1.82) is 0 Å². The minimum absolute atomic E-state index is 0.304. The molecule has 0 saturated heterocycles. The van der Waals surface area contributed by atoms with Gasteiger partial charge in [0.15, 0.2) is 5.16 Å². The van der Waals surface area contributed by atoms with Crippen molar-refractivity contribution < 1.29 is 4.79 Å². The molecule has 1 aliphatic rings. The number of aryl methyl sites for hydroxylation is 1. The molecule has 5 nitrogen and oxygen atoms in total. The first-order chi connectivity index (χ1) is 10.8. The van der Waals surface area contributed by atoms with Crippen LogP contribution >= 0.6 is 23.1 Å². The molecule has 7 heteroatoms. The van der Waals surface area contributed by atoms with Crippen molar-refractivity contribution in [3.05, 3.63) is 10.4 Å². The molecule has 0 radical (unpaired) electrons. The molecule has 2 heterocycles. The first-order valence-corrected chi connectivity index (χ1v) is 9.76. The summed E-state index contributed by atoms with van der Waals surface area (Å²) in [5.41, 5.74) is 6.91. The van der Waals surface area contributed by atoms with E-state index in [9.17, 15) is 4.79 Å². The minimum Gasteiger partial charge on any atom is -0.351 e. The predicted octanol–water partition coefficient (Wildman–Crippen LogP) is 4.05. The van der Waals surface area contributed by atoms with E-state index in [-0.39, 0.29) is 0 Å². The number of hydrogen-bond acceptors (Lipinski definition) is 5. The number of carbonyl (C=O) groups is 1. The molecule has 1 aliphatic carbocycles. The third-order valence-electron chi connectivity index (χ3n) is 4.54. The van der Waals surface area contributed by atoms with Crippen molar-refractivity contribution in [3.63, 3.8) is 0 Å². The van der Waals surface area contributed by atoms with Gasteiger partial charge < -0.3 is 5.73 Å². The fourth-order valence-corrected chi connectivity index (χ4v) is 4.92. The summed E-state index contributed by atoms with van der Waals surface area (Å²) in [5.74, 6) is 1.22. The van der Waals surface area contributed by atoms with E-state index in [0.29, 0.717) is 22.3 Å². The summed E-state index contributed by atoms with van der Waals surface area (Å²) in [4.78, 5) is 22.8. The Morgan fingerprint density at radius 1 is 1.39 bits per heavy atom. The number of nitrogens with one attached hydrogen (secondary N) is 1. The van der Waals surface area contributed by atoms with Crippen molar-refractivity contribution in [2.24, 2.45) is 17.1 Å². The molecular weight excluding hydrogens is 328 g/mol. The summed E-state index contributed by atoms with van der Waals surface area (Å²) < 4.78 is 0. The molecule has 0 fully saturated rings. The quantitative estimate of drug-likeness (QED) is 0.632. The van der Waals surface area contributed by atoms with Crippen LogP contribution in [0.1, 0.15) is 37.6 Å². The van der Waals surface area contributed by atoms with Gasteiger partial charge in [0.05, 0.1) is 5.39 Å². The molecule has 0 aromatic carbocycles. The summed E-state index contributed by atoms with van der Waals surface area (Å²) in [7, 11) is 0. The van der Waals surface area contributed by atoms with Crippen LogP contribution in [0, 0.1) is 11.3 Å². The molecule has 0 saturated carbocycles.